The lowest BCUT2D eigenvalue weighted by Crippen LogP contribution is -1.89. The number of hydrogen-bond acceptors (Lipinski definition) is 1. The van der Waals surface area contributed by atoms with Gasteiger partial charge in [-0.25, -0.2) is 13.2 Å². The third-order valence-corrected chi connectivity index (χ3v) is 2.83. The summed E-state index contributed by atoms with van der Waals surface area (Å²) < 4.78 is 50.5. The van der Waals surface area contributed by atoms with Gasteiger partial charge in [-0.1, -0.05) is 6.07 Å². The average molecular weight is 220 g/mol. The Balaban J connectivity index is 2.82. The lowest BCUT2D eigenvalue weighted by Gasteiger charge is -2.02. The first kappa shape index (κ1) is 9.45. The molecule has 1 aromatic carbocycles. The second kappa shape index (κ2) is 3.24. The van der Waals surface area contributed by atoms with E-state index in [1.54, 1.807) is 0 Å². The van der Waals surface area contributed by atoms with Crippen molar-refractivity contribution in [3.8, 4) is 0 Å². The summed E-state index contributed by atoms with van der Waals surface area (Å²) in [5.41, 5.74) is -0.712. The molecular formula is C9H4F4S. The second-order valence-electron chi connectivity index (χ2n) is 2.73. The zero-order chi connectivity index (χ0) is 10.3. The molecule has 0 amide bonds. The Hall–Kier alpha value is -1.10. The fraction of sp³-hybridized carbons (Fsp3) is 0.111. The van der Waals surface area contributed by atoms with Crippen LogP contribution in [0.25, 0.3) is 10.1 Å². The van der Waals surface area contributed by atoms with Crippen molar-refractivity contribution in [1.82, 2.24) is 0 Å². The van der Waals surface area contributed by atoms with Gasteiger partial charge in [-0.3, -0.25) is 0 Å². The number of hydrogen-bond donors (Lipinski definition) is 0. The van der Waals surface area contributed by atoms with E-state index in [4.69, 9.17) is 0 Å². The van der Waals surface area contributed by atoms with Crippen molar-refractivity contribution >= 4 is 21.4 Å². The quantitative estimate of drug-likeness (QED) is 0.634. The van der Waals surface area contributed by atoms with Crippen LogP contribution in [-0.2, 0) is 0 Å². The highest BCUT2D eigenvalue weighted by Crippen LogP contribution is 2.35. The van der Waals surface area contributed by atoms with Crippen molar-refractivity contribution in [2.45, 2.75) is 6.43 Å². The highest BCUT2D eigenvalue weighted by atomic mass is 32.1. The van der Waals surface area contributed by atoms with E-state index in [0.29, 0.717) is 16.7 Å². The zero-order valence-corrected chi connectivity index (χ0v) is 7.55. The number of halogens is 4. The van der Waals surface area contributed by atoms with Crippen molar-refractivity contribution in [1.29, 1.82) is 0 Å². The van der Waals surface area contributed by atoms with Crippen molar-refractivity contribution in [3.05, 3.63) is 34.7 Å². The SMILES string of the molecule is Fc1cc2ccc(F)c(C(F)F)c2s1. The molecule has 74 valence electrons. The van der Waals surface area contributed by atoms with E-state index in [9.17, 15) is 17.6 Å². The molecule has 0 radical (unpaired) electrons. The van der Waals surface area contributed by atoms with Crippen LogP contribution in [0.2, 0.25) is 0 Å². The van der Waals surface area contributed by atoms with Crippen LogP contribution >= 0.6 is 11.3 Å². The lowest BCUT2D eigenvalue weighted by atomic mass is 10.1. The third-order valence-electron chi connectivity index (χ3n) is 1.86. The van der Waals surface area contributed by atoms with Gasteiger partial charge in [0.2, 0.25) is 0 Å². The van der Waals surface area contributed by atoms with Gasteiger partial charge in [0.15, 0.2) is 5.13 Å². The fourth-order valence-electron chi connectivity index (χ4n) is 1.27. The normalized spacial score (nSPS) is 11.5. The summed E-state index contributed by atoms with van der Waals surface area (Å²) in [5.74, 6) is -0.991. The molecular weight excluding hydrogens is 216 g/mol. The van der Waals surface area contributed by atoms with Crippen LogP contribution in [0.4, 0.5) is 17.6 Å². The predicted octanol–water partition coefficient (Wildman–Crippen LogP) is 4.12. The lowest BCUT2D eigenvalue weighted by molar-refractivity contribution is 0.148. The molecule has 0 saturated heterocycles. The van der Waals surface area contributed by atoms with Crippen molar-refractivity contribution in [2.24, 2.45) is 0 Å². The van der Waals surface area contributed by atoms with Crippen molar-refractivity contribution in [2.75, 3.05) is 0 Å². The topological polar surface area (TPSA) is 0 Å². The number of benzene rings is 1. The van der Waals surface area contributed by atoms with Crippen LogP contribution in [0.5, 0.6) is 0 Å². The first-order valence-corrected chi connectivity index (χ1v) is 4.57. The third kappa shape index (κ3) is 1.37. The summed E-state index contributed by atoms with van der Waals surface area (Å²) >= 11 is 0.535. The molecule has 0 N–H and O–H groups in total. The van der Waals surface area contributed by atoms with E-state index in [2.05, 4.69) is 0 Å². The molecule has 0 saturated carbocycles. The van der Waals surface area contributed by atoms with Gasteiger partial charge in [0.05, 0.1) is 5.56 Å². The molecule has 0 aliphatic rings. The number of thiophene rings is 1. The zero-order valence-electron chi connectivity index (χ0n) is 6.73. The maximum Gasteiger partial charge on any atom is 0.268 e. The summed E-state index contributed by atoms with van der Waals surface area (Å²) in [4.78, 5) is 0. The van der Waals surface area contributed by atoms with Crippen molar-refractivity contribution in [3.63, 3.8) is 0 Å². The molecule has 0 spiro atoms. The van der Waals surface area contributed by atoms with Gasteiger partial charge in [-0.2, -0.15) is 4.39 Å². The van der Waals surface area contributed by atoms with Gasteiger partial charge >= 0.3 is 0 Å². The molecule has 2 aromatic rings. The molecule has 0 unspecified atom stereocenters. The Kier molecular flexibility index (Phi) is 2.19. The van der Waals surface area contributed by atoms with E-state index in [-0.39, 0.29) is 4.70 Å². The summed E-state index contributed by atoms with van der Waals surface area (Å²) in [6.45, 7) is 0. The Bertz CT molecular complexity index is 475. The molecule has 0 nitrogen and oxygen atoms in total. The Labute approximate surface area is 80.8 Å². The maximum absolute atomic E-state index is 13.0. The second-order valence-corrected chi connectivity index (χ2v) is 3.73. The van der Waals surface area contributed by atoms with Gasteiger partial charge < -0.3 is 0 Å². The minimum absolute atomic E-state index is 0.0162. The molecule has 0 aliphatic carbocycles. The molecule has 2 rings (SSSR count). The van der Waals surface area contributed by atoms with E-state index in [1.165, 1.54) is 6.07 Å². The van der Waals surface area contributed by atoms with Gasteiger partial charge in [0, 0.05) is 4.70 Å². The van der Waals surface area contributed by atoms with E-state index < -0.39 is 22.9 Å². The van der Waals surface area contributed by atoms with Crippen molar-refractivity contribution < 1.29 is 17.6 Å². The average Bonchev–Trinajstić information content (AvgIpc) is 2.43. The van der Waals surface area contributed by atoms with Gasteiger partial charge in [0.25, 0.3) is 6.43 Å². The van der Waals surface area contributed by atoms with E-state index >= 15 is 0 Å². The number of fused-ring (bicyclic) bond motifs is 1. The number of alkyl halides is 2. The summed E-state index contributed by atoms with van der Waals surface area (Å²) in [6.07, 6.45) is -2.92. The Morgan fingerprint density at radius 3 is 2.50 bits per heavy atom. The monoisotopic (exact) mass is 220 g/mol. The summed E-state index contributed by atoms with van der Waals surface area (Å²) in [5, 5.41) is -0.281. The predicted molar refractivity (Wildman–Crippen MR) is 46.7 cm³/mol. The highest BCUT2D eigenvalue weighted by Gasteiger charge is 2.19. The molecule has 0 bridgehead atoms. The van der Waals surface area contributed by atoms with Gasteiger partial charge in [-0.05, 0) is 17.5 Å². The molecule has 0 atom stereocenters. The maximum atomic E-state index is 13.0. The van der Waals surface area contributed by atoms with Crippen LogP contribution in [0, 0.1) is 10.9 Å². The molecule has 0 aliphatic heterocycles. The summed E-state index contributed by atoms with van der Waals surface area (Å²) in [6, 6.07) is 3.33. The summed E-state index contributed by atoms with van der Waals surface area (Å²) in [7, 11) is 0. The smallest absolute Gasteiger partial charge is 0.206 e. The first-order chi connectivity index (χ1) is 6.59. The molecule has 1 aromatic heterocycles. The van der Waals surface area contributed by atoms with E-state index in [1.807, 2.05) is 0 Å². The van der Waals surface area contributed by atoms with Gasteiger partial charge in [0.1, 0.15) is 5.82 Å². The largest absolute Gasteiger partial charge is 0.268 e. The minimum Gasteiger partial charge on any atom is -0.206 e. The van der Waals surface area contributed by atoms with Crippen LogP contribution in [0.3, 0.4) is 0 Å². The van der Waals surface area contributed by atoms with Crippen LogP contribution in [0.15, 0.2) is 18.2 Å². The molecule has 5 heteroatoms. The minimum atomic E-state index is -2.92. The Morgan fingerprint density at radius 2 is 1.86 bits per heavy atom. The van der Waals surface area contributed by atoms with Crippen LogP contribution in [-0.4, -0.2) is 0 Å². The fourth-order valence-corrected chi connectivity index (χ4v) is 2.19. The molecule has 14 heavy (non-hydrogen) atoms. The van der Waals surface area contributed by atoms with Crippen LogP contribution < -0.4 is 0 Å². The molecule has 0 fully saturated rings. The van der Waals surface area contributed by atoms with Gasteiger partial charge in [-0.15, -0.1) is 11.3 Å². The molecule has 1 heterocycles. The Morgan fingerprint density at radius 1 is 1.14 bits per heavy atom. The van der Waals surface area contributed by atoms with E-state index in [0.717, 1.165) is 12.1 Å². The van der Waals surface area contributed by atoms with Crippen LogP contribution in [0.1, 0.15) is 12.0 Å². The number of rotatable bonds is 1. The standard InChI is InChI=1S/C9H4F4S/c10-5-2-1-4-3-6(11)14-8(4)7(5)9(12)13/h1-3,9H. The highest BCUT2D eigenvalue weighted by molar-refractivity contribution is 7.17. The first-order valence-electron chi connectivity index (χ1n) is 3.75.